The summed E-state index contributed by atoms with van der Waals surface area (Å²) >= 11 is 6.23. The van der Waals surface area contributed by atoms with Gasteiger partial charge < -0.3 is 10.2 Å². The molecule has 1 aromatic heterocycles. The minimum Gasteiger partial charge on any atom is -0.351 e. The molecule has 1 heterocycles. The van der Waals surface area contributed by atoms with Crippen molar-refractivity contribution in [3.63, 3.8) is 0 Å². The number of carbonyl (C=O) groups is 1. The van der Waals surface area contributed by atoms with Crippen LogP contribution >= 0.6 is 11.6 Å². The normalized spacial score (nSPS) is 11.0. The molecule has 0 unspecified atom stereocenters. The van der Waals surface area contributed by atoms with E-state index in [1.54, 1.807) is 10.9 Å². The molecule has 0 radical (unpaired) electrons. The quantitative estimate of drug-likeness (QED) is 0.889. The summed E-state index contributed by atoms with van der Waals surface area (Å²) in [6.45, 7) is 3.40. The molecule has 1 N–H and O–H groups in total. The Kier molecular flexibility index (Phi) is 5.57. The van der Waals surface area contributed by atoms with Gasteiger partial charge in [0.25, 0.3) is 5.91 Å². The van der Waals surface area contributed by atoms with Gasteiger partial charge in [0, 0.05) is 13.1 Å². The Labute approximate surface area is 135 Å². The van der Waals surface area contributed by atoms with E-state index in [0.717, 1.165) is 17.9 Å². The van der Waals surface area contributed by atoms with Crippen molar-refractivity contribution in [2.45, 2.75) is 13.3 Å². The first kappa shape index (κ1) is 16.5. The summed E-state index contributed by atoms with van der Waals surface area (Å²) in [6.07, 6.45) is 2.30. The Bertz CT molecular complexity index is 651. The van der Waals surface area contributed by atoms with Crippen LogP contribution in [0.3, 0.4) is 0 Å². The average Bonchev–Trinajstić information content (AvgIpc) is 2.91. The molecule has 2 aromatic rings. The van der Waals surface area contributed by atoms with E-state index < -0.39 is 0 Å². The van der Waals surface area contributed by atoms with Crippen LogP contribution in [0, 0.1) is 0 Å². The van der Waals surface area contributed by atoms with Crippen molar-refractivity contribution in [2.24, 2.45) is 0 Å². The number of carbonyl (C=O) groups excluding carboxylic acids is 1. The van der Waals surface area contributed by atoms with Gasteiger partial charge >= 0.3 is 0 Å². The number of likely N-dealkylation sites (N-methyl/N-ethyl adjacent to an activating group) is 1. The lowest BCUT2D eigenvalue weighted by Gasteiger charge is -2.11. The Balaban J connectivity index is 2.24. The number of hydrogen-bond donors (Lipinski definition) is 1. The molecule has 0 bridgehead atoms. The third-order valence-corrected chi connectivity index (χ3v) is 3.69. The van der Waals surface area contributed by atoms with Crippen LogP contribution in [-0.2, 0) is 6.42 Å². The number of nitrogens with zero attached hydrogens (tertiary/aromatic N) is 3. The third kappa shape index (κ3) is 3.67. The van der Waals surface area contributed by atoms with Crippen molar-refractivity contribution < 1.29 is 4.79 Å². The molecule has 0 saturated carbocycles. The first-order valence-corrected chi connectivity index (χ1v) is 7.67. The molecule has 0 spiro atoms. The van der Waals surface area contributed by atoms with Crippen LogP contribution in [0.15, 0.2) is 30.5 Å². The van der Waals surface area contributed by atoms with Crippen molar-refractivity contribution in [3.05, 3.63) is 46.7 Å². The highest BCUT2D eigenvalue weighted by molar-refractivity contribution is 6.32. The number of para-hydroxylation sites is 1. The summed E-state index contributed by atoms with van der Waals surface area (Å²) in [5.74, 6) is -0.1000. The van der Waals surface area contributed by atoms with Crippen LogP contribution in [0.1, 0.15) is 23.0 Å². The van der Waals surface area contributed by atoms with E-state index in [4.69, 9.17) is 11.6 Å². The second kappa shape index (κ2) is 7.42. The van der Waals surface area contributed by atoms with Gasteiger partial charge in [0.05, 0.1) is 28.2 Å². The Morgan fingerprint density at radius 1 is 1.36 bits per heavy atom. The molecule has 1 aromatic carbocycles. The van der Waals surface area contributed by atoms with E-state index in [2.05, 4.69) is 10.4 Å². The minimum absolute atomic E-state index is 0.1000. The molecule has 118 valence electrons. The van der Waals surface area contributed by atoms with Crippen molar-refractivity contribution in [2.75, 3.05) is 27.2 Å². The van der Waals surface area contributed by atoms with Crippen molar-refractivity contribution in [1.29, 1.82) is 0 Å². The van der Waals surface area contributed by atoms with Crippen LogP contribution in [0.5, 0.6) is 0 Å². The van der Waals surface area contributed by atoms with Gasteiger partial charge in [-0.15, -0.1) is 0 Å². The third-order valence-electron chi connectivity index (χ3n) is 3.37. The van der Waals surface area contributed by atoms with Gasteiger partial charge in [0.15, 0.2) is 0 Å². The molecule has 0 aliphatic carbocycles. The zero-order valence-corrected chi connectivity index (χ0v) is 13.9. The zero-order chi connectivity index (χ0) is 16.1. The number of aromatic nitrogens is 2. The highest BCUT2D eigenvalue weighted by Gasteiger charge is 2.17. The van der Waals surface area contributed by atoms with E-state index in [1.165, 1.54) is 0 Å². The SMILES string of the molecule is CCc1c(C(=O)NCCN(C)C)cnn1-c1ccccc1Cl. The predicted molar refractivity (Wildman–Crippen MR) is 88.8 cm³/mol. The Morgan fingerprint density at radius 2 is 2.09 bits per heavy atom. The van der Waals surface area contributed by atoms with Crippen molar-refractivity contribution in [1.82, 2.24) is 20.0 Å². The predicted octanol–water partition coefficient (Wildman–Crippen LogP) is 2.38. The molecular weight excluding hydrogens is 300 g/mol. The standard InChI is InChI=1S/C16H21ClN4O/c1-4-14-12(16(22)18-9-10-20(2)3)11-19-21(14)15-8-6-5-7-13(15)17/h5-8,11H,4,9-10H2,1-3H3,(H,18,22). The second-order valence-electron chi connectivity index (χ2n) is 5.28. The van der Waals surface area contributed by atoms with Crippen LogP contribution in [0.4, 0.5) is 0 Å². The number of nitrogens with one attached hydrogen (secondary N) is 1. The second-order valence-corrected chi connectivity index (χ2v) is 5.69. The van der Waals surface area contributed by atoms with Gasteiger partial charge in [0.1, 0.15) is 0 Å². The zero-order valence-electron chi connectivity index (χ0n) is 13.1. The Morgan fingerprint density at radius 3 is 2.73 bits per heavy atom. The molecule has 5 nitrogen and oxygen atoms in total. The molecule has 0 aliphatic rings. The molecule has 0 fully saturated rings. The van der Waals surface area contributed by atoms with Gasteiger partial charge in [0.2, 0.25) is 0 Å². The molecule has 0 aliphatic heterocycles. The highest BCUT2D eigenvalue weighted by atomic mass is 35.5. The summed E-state index contributed by atoms with van der Waals surface area (Å²) in [5.41, 5.74) is 2.24. The van der Waals surface area contributed by atoms with Crippen molar-refractivity contribution in [3.8, 4) is 5.69 Å². The maximum Gasteiger partial charge on any atom is 0.254 e. The fourth-order valence-corrected chi connectivity index (χ4v) is 2.44. The molecule has 0 atom stereocenters. The van der Waals surface area contributed by atoms with Crippen LogP contribution in [0.2, 0.25) is 5.02 Å². The van der Waals surface area contributed by atoms with Gasteiger partial charge in [-0.05, 0) is 32.6 Å². The van der Waals surface area contributed by atoms with Crippen LogP contribution in [0.25, 0.3) is 5.69 Å². The molecule has 6 heteroatoms. The van der Waals surface area contributed by atoms with Gasteiger partial charge in [-0.3, -0.25) is 4.79 Å². The average molecular weight is 321 g/mol. The summed E-state index contributed by atoms with van der Waals surface area (Å²) < 4.78 is 1.74. The van der Waals surface area contributed by atoms with E-state index in [-0.39, 0.29) is 5.91 Å². The number of amides is 1. The fraction of sp³-hybridized carbons (Fsp3) is 0.375. The molecular formula is C16H21ClN4O. The van der Waals surface area contributed by atoms with E-state index in [1.807, 2.05) is 50.2 Å². The maximum absolute atomic E-state index is 12.3. The van der Waals surface area contributed by atoms with Gasteiger partial charge in [-0.25, -0.2) is 4.68 Å². The number of hydrogen-bond acceptors (Lipinski definition) is 3. The smallest absolute Gasteiger partial charge is 0.254 e. The monoisotopic (exact) mass is 320 g/mol. The number of benzene rings is 1. The first-order valence-electron chi connectivity index (χ1n) is 7.29. The van der Waals surface area contributed by atoms with E-state index in [9.17, 15) is 4.79 Å². The summed E-state index contributed by atoms with van der Waals surface area (Å²) in [4.78, 5) is 14.3. The van der Waals surface area contributed by atoms with Crippen molar-refractivity contribution >= 4 is 17.5 Å². The molecule has 2 rings (SSSR count). The van der Waals surface area contributed by atoms with Gasteiger partial charge in [-0.2, -0.15) is 5.10 Å². The maximum atomic E-state index is 12.3. The lowest BCUT2D eigenvalue weighted by molar-refractivity contribution is 0.0950. The number of halogens is 1. The van der Waals surface area contributed by atoms with Crippen LogP contribution < -0.4 is 5.32 Å². The number of rotatable bonds is 6. The van der Waals surface area contributed by atoms with E-state index in [0.29, 0.717) is 23.6 Å². The molecule has 1 amide bonds. The summed E-state index contributed by atoms with van der Waals surface area (Å²) in [6, 6.07) is 7.48. The largest absolute Gasteiger partial charge is 0.351 e. The van der Waals surface area contributed by atoms with Gasteiger partial charge in [-0.1, -0.05) is 30.7 Å². The highest BCUT2D eigenvalue weighted by Crippen LogP contribution is 2.22. The lowest BCUT2D eigenvalue weighted by Crippen LogP contribution is -2.31. The Hall–Kier alpha value is -1.85. The molecule has 0 saturated heterocycles. The summed E-state index contributed by atoms with van der Waals surface area (Å²) in [7, 11) is 3.94. The topological polar surface area (TPSA) is 50.2 Å². The lowest BCUT2D eigenvalue weighted by atomic mass is 10.2. The minimum atomic E-state index is -0.1000. The molecule has 22 heavy (non-hydrogen) atoms. The van der Waals surface area contributed by atoms with E-state index >= 15 is 0 Å². The first-order chi connectivity index (χ1) is 10.5. The summed E-state index contributed by atoms with van der Waals surface area (Å²) in [5, 5.41) is 7.87. The van der Waals surface area contributed by atoms with Crippen LogP contribution in [-0.4, -0.2) is 47.8 Å². The fourth-order valence-electron chi connectivity index (χ4n) is 2.22.